The first-order valence-electron chi connectivity index (χ1n) is 8.14. The summed E-state index contributed by atoms with van der Waals surface area (Å²) in [6.45, 7) is 2.50. The molecule has 0 unspecified atom stereocenters. The first kappa shape index (κ1) is 15.0. The van der Waals surface area contributed by atoms with E-state index in [1.807, 2.05) is 4.90 Å². The van der Waals surface area contributed by atoms with E-state index < -0.39 is 4.92 Å². The summed E-state index contributed by atoms with van der Waals surface area (Å²) in [5.74, 6) is 0.681. The largest absolute Gasteiger partial charge is 0.335 e. The summed E-state index contributed by atoms with van der Waals surface area (Å²) in [5.41, 5.74) is 1.20. The fourth-order valence-electron chi connectivity index (χ4n) is 4.04. The van der Waals surface area contributed by atoms with Crippen LogP contribution in [0, 0.1) is 23.0 Å². The summed E-state index contributed by atoms with van der Waals surface area (Å²) >= 11 is 0. The van der Waals surface area contributed by atoms with Gasteiger partial charge in [0.25, 0.3) is 11.6 Å². The van der Waals surface area contributed by atoms with Crippen molar-refractivity contribution in [3.8, 4) is 0 Å². The van der Waals surface area contributed by atoms with Crippen LogP contribution in [0.15, 0.2) is 18.2 Å². The summed E-state index contributed by atoms with van der Waals surface area (Å²) in [6, 6.07) is 5.07. The van der Waals surface area contributed by atoms with E-state index >= 15 is 0 Å². The molecule has 0 aromatic heterocycles. The van der Waals surface area contributed by atoms with Gasteiger partial charge in [-0.25, -0.2) is 0 Å². The maximum absolute atomic E-state index is 12.8. The topological polar surface area (TPSA) is 63.5 Å². The third-order valence-corrected chi connectivity index (χ3v) is 5.14. The number of aryl methyl sites for hydroxylation is 1. The van der Waals surface area contributed by atoms with E-state index in [1.165, 1.54) is 31.7 Å². The van der Waals surface area contributed by atoms with Gasteiger partial charge in [0.15, 0.2) is 0 Å². The molecule has 1 aliphatic heterocycles. The number of nitro benzene ring substituents is 1. The minimum Gasteiger partial charge on any atom is -0.335 e. The Morgan fingerprint density at radius 3 is 2.68 bits per heavy atom. The normalized spacial score (nSPS) is 24.7. The molecule has 118 valence electrons. The van der Waals surface area contributed by atoms with Gasteiger partial charge in [0.1, 0.15) is 0 Å². The molecule has 1 amide bonds. The number of likely N-dealkylation sites (tertiary alicyclic amines) is 1. The zero-order chi connectivity index (χ0) is 15.7. The highest BCUT2D eigenvalue weighted by Crippen LogP contribution is 2.36. The van der Waals surface area contributed by atoms with Crippen LogP contribution < -0.4 is 0 Å². The van der Waals surface area contributed by atoms with Crippen molar-refractivity contribution in [2.45, 2.75) is 51.5 Å². The van der Waals surface area contributed by atoms with Gasteiger partial charge in [-0.3, -0.25) is 14.9 Å². The van der Waals surface area contributed by atoms with Crippen molar-refractivity contribution in [3.63, 3.8) is 0 Å². The summed E-state index contributed by atoms with van der Waals surface area (Å²) in [6.07, 6.45) is 7.10. The average Bonchev–Trinajstić information content (AvgIpc) is 2.53. The SMILES string of the molecule is Cc1cc(C(=O)N2CCC[C@H]3CCCC[C@@H]32)ccc1[N+](=O)[O-]. The molecule has 0 radical (unpaired) electrons. The van der Waals surface area contributed by atoms with E-state index in [2.05, 4.69) is 0 Å². The number of carbonyl (C=O) groups excluding carboxylic acids is 1. The van der Waals surface area contributed by atoms with Crippen LogP contribution in [0.5, 0.6) is 0 Å². The number of hydrogen-bond acceptors (Lipinski definition) is 3. The zero-order valence-corrected chi connectivity index (χ0v) is 13.0. The van der Waals surface area contributed by atoms with Gasteiger partial charge in [-0.2, -0.15) is 0 Å². The van der Waals surface area contributed by atoms with Crippen molar-refractivity contribution in [1.82, 2.24) is 4.90 Å². The molecule has 1 aromatic carbocycles. The molecule has 5 heteroatoms. The van der Waals surface area contributed by atoms with E-state index in [9.17, 15) is 14.9 Å². The summed E-state index contributed by atoms with van der Waals surface area (Å²) < 4.78 is 0. The van der Waals surface area contributed by atoms with Crippen LogP contribution in [0.25, 0.3) is 0 Å². The lowest BCUT2D eigenvalue weighted by Crippen LogP contribution is -2.49. The molecular weight excluding hydrogens is 280 g/mol. The van der Waals surface area contributed by atoms with Gasteiger partial charge in [-0.05, 0) is 50.7 Å². The molecular formula is C17H22N2O3. The maximum Gasteiger partial charge on any atom is 0.272 e. The monoisotopic (exact) mass is 302 g/mol. The zero-order valence-electron chi connectivity index (χ0n) is 13.0. The van der Waals surface area contributed by atoms with Crippen LogP contribution >= 0.6 is 0 Å². The number of rotatable bonds is 2. The van der Waals surface area contributed by atoms with Crippen molar-refractivity contribution in [2.24, 2.45) is 5.92 Å². The molecule has 2 atom stereocenters. The molecule has 22 heavy (non-hydrogen) atoms. The molecule has 1 saturated carbocycles. The minimum atomic E-state index is -0.401. The second-order valence-electron chi connectivity index (χ2n) is 6.51. The van der Waals surface area contributed by atoms with E-state index in [0.717, 1.165) is 19.4 Å². The highest BCUT2D eigenvalue weighted by atomic mass is 16.6. The van der Waals surface area contributed by atoms with Crippen LogP contribution in [0.4, 0.5) is 5.69 Å². The van der Waals surface area contributed by atoms with Crippen LogP contribution in [0.1, 0.15) is 54.4 Å². The van der Waals surface area contributed by atoms with E-state index in [0.29, 0.717) is 23.1 Å². The standard InChI is InChI=1S/C17H22N2O3/c1-12-11-14(8-9-15(12)19(21)22)17(20)18-10-4-6-13-5-2-3-7-16(13)18/h8-9,11,13,16H,2-7,10H2,1H3/t13-,16+/m1/s1. The van der Waals surface area contributed by atoms with Crippen LogP contribution in [-0.4, -0.2) is 28.3 Å². The third kappa shape index (κ3) is 2.72. The number of carbonyl (C=O) groups is 1. The summed E-state index contributed by atoms with van der Waals surface area (Å²) in [5, 5.41) is 10.9. The van der Waals surface area contributed by atoms with E-state index in [-0.39, 0.29) is 11.6 Å². The van der Waals surface area contributed by atoms with Gasteiger partial charge >= 0.3 is 0 Å². The Bertz CT molecular complexity index is 598. The molecule has 3 rings (SSSR count). The van der Waals surface area contributed by atoms with Gasteiger partial charge < -0.3 is 4.90 Å². The first-order chi connectivity index (χ1) is 10.6. The molecule has 1 saturated heterocycles. The number of amides is 1. The second kappa shape index (κ2) is 6.07. The molecule has 0 bridgehead atoms. The molecule has 2 fully saturated rings. The number of fused-ring (bicyclic) bond motifs is 1. The lowest BCUT2D eigenvalue weighted by molar-refractivity contribution is -0.385. The highest BCUT2D eigenvalue weighted by molar-refractivity contribution is 5.95. The Hall–Kier alpha value is -1.91. The molecule has 1 heterocycles. The number of nitrogens with zero attached hydrogens (tertiary/aromatic N) is 2. The molecule has 0 spiro atoms. The predicted molar refractivity (Wildman–Crippen MR) is 83.8 cm³/mol. The highest BCUT2D eigenvalue weighted by Gasteiger charge is 2.36. The Balaban J connectivity index is 1.83. The van der Waals surface area contributed by atoms with Crippen molar-refractivity contribution >= 4 is 11.6 Å². The Kier molecular flexibility index (Phi) is 4.14. The Labute approximate surface area is 130 Å². The van der Waals surface area contributed by atoms with Crippen molar-refractivity contribution in [1.29, 1.82) is 0 Å². The van der Waals surface area contributed by atoms with Crippen molar-refractivity contribution < 1.29 is 9.72 Å². The fraction of sp³-hybridized carbons (Fsp3) is 0.588. The van der Waals surface area contributed by atoms with Crippen molar-refractivity contribution in [2.75, 3.05) is 6.54 Å². The second-order valence-corrected chi connectivity index (χ2v) is 6.51. The van der Waals surface area contributed by atoms with Gasteiger partial charge in [0.2, 0.25) is 0 Å². The van der Waals surface area contributed by atoms with Crippen LogP contribution in [0.2, 0.25) is 0 Å². The minimum absolute atomic E-state index is 0.0367. The number of benzene rings is 1. The van der Waals surface area contributed by atoms with E-state index in [4.69, 9.17) is 0 Å². The lowest BCUT2D eigenvalue weighted by Gasteiger charge is -2.44. The Morgan fingerprint density at radius 2 is 1.95 bits per heavy atom. The summed E-state index contributed by atoms with van der Waals surface area (Å²) in [7, 11) is 0. The van der Waals surface area contributed by atoms with Gasteiger partial charge in [-0.1, -0.05) is 12.8 Å². The van der Waals surface area contributed by atoms with Gasteiger partial charge in [0.05, 0.1) is 4.92 Å². The maximum atomic E-state index is 12.8. The molecule has 5 nitrogen and oxygen atoms in total. The van der Waals surface area contributed by atoms with Gasteiger partial charge in [-0.15, -0.1) is 0 Å². The van der Waals surface area contributed by atoms with Gasteiger partial charge in [0, 0.05) is 29.8 Å². The predicted octanol–water partition coefficient (Wildman–Crippen LogP) is 3.70. The van der Waals surface area contributed by atoms with Crippen LogP contribution in [-0.2, 0) is 0 Å². The Morgan fingerprint density at radius 1 is 1.23 bits per heavy atom. The van der Waals surface area contributed by atoms with E-state index in [1.54, 1.807) is 19.1 Å². The quantitative estimate of drug-likeness (QED) is 0.618. The molecule has 1 aliphatic carbocycles. The fourth-order valence-corrected chi connectivity index (χ4v) is 4.04. The third-order valence-electron chi connectivity index (χ3n) is 5.14. The number of hydrogen-bond donors (Lipinski definition) is 0. The number of piperidine rings is 1. The number of nitro groups is 1. The van der Waals surface area contributed by atoms with Crippen LogP contribution in [0.3, 0.4) is 0 Å². The molecule has 0 N–H and O–H groups in total. The average molecular weight is 302 g/mol. The first-order valence-corrected chi connectivity index (χ1v) is 8.14. The lowest BCUT2D eigenvalue weighted by atomic mass is 9.78. The van der Waals surface area contributed by atoms with Crippen molar-refractivity contribution in [3.05, 3.63) is 39.4 Å². The summed E-state index contributed by atoms with van der Waals surface area (Å²) in [4.78, 5) is 25.4. The molecule has 2 aliphatic rings. The molecule has 1 aromatic rings. The smallest absolute Gasteiger partial charge is 0.272 e.